The van der Waals surface area contributed by atoms with Gasteiger partial charge in [-0.25, -0.2) is 21.8 Å². The molecule has 0 aliphatic rings. The molecule has 0 radical (unpaired) electrons. The van der Waals surface area contributed by atoms with Crippen LogP contribution in [0.5, 0.6) is 0 Å². The van der Waals surface area contributed by atoms with Crippen molar-refractivity contribution in [2.75, 3.05) is 0 Å². The average molecular weight is 607 g/mol. The van der Waals surface area contributed by atoms with Crippen molar-refractivity contribution in [3.05, 3.63) is 75.6 Å². The molecule has 182 valence electrons. The molecule has 3 aromatic heterocycles. The lowest BCUT2D eigenvalue weighted by Crippen LogP contribution is -2.25. The molecule has 0 fully saturated rings. The van der Waals surface area contributed by atoms with Crippen molar-refractivity contribution in [2.24, 2.45) is 0 Å². The minimum atomic E-state index is -3.84. The van der Waals surface area contributed by atoms with Gasteiger partial charge in [0.2, 0.25) is 0 Å². The molecule has 0 aliphatic heterocycles. The molecular formula is C25H23FIN3O4S. The number of ether oxygens (including phenoxy) is 1. The Morgan fingerprint density at radius 3 is 2.34 bits per heavy atom. The lowest BCUT2D eigenvalue weighted by atomic mass is 10.1. The summed E-state index contributed by atoms with van der Waals surface area (Å²) in [7, 11) is -3.84. The molecule has 4 aromatic rings. The molecule has 0 saturated heterocycles. The smallest absolute Gasteiger partial charge is 0.312 e. The molecule has 4 rings (SSSR count). The third kappa shape index (κ3) is 5.37. The number of nitrogens with zero attached hydrogens (tertiary/aromatic N) is 3. The van der Waals surface area contributed by atoms with Crippen LogP contribution in [-0.4, -0.2) is 33.9 Å². The van der Waals surface area contributed by atoms with Gasteiger partial charge in [0, 0.05) is 38.7 Å². The maximum atomic E-state index is 14.7. The first-order valence-corrected chi connectivity index (χ1v) is 13.2. The van der Waals surface area contributed by atoms with Gasteiger partial charge in [-0.2, -0.15) is 0 Å². The zero-order valence-corrected chi connectivity index (χ0v) is 22.5. The van der Waals surface area contributed by atoms with Gasteiger partial charge in [-0.05, 0) is 74.6 Å². The van der Waals surface area contributed by atoms with E-state index in [1.165, 1.54) is 24.7 Å². The monoisotopic (exact) mass is 607 g/mol. The quantitative estimate of drug-likeness (QED) is 0.227. The Morgan fingerprint density at radius 2 is 1.71 bits per heavy atom. The number of pyridine rings is 2. The summed E-state index contributed by atoms with van der Waals surface area (Å²) in [5, 5.41) is 0.608. The van der Waals surface area contributed by atoms with Crippen molar-refractivity contribution in [3.63, 3.8) is 0 Å². The number of aryl methyl sites for hydroxylation is 1. The number of hydrogen-bond acceptors (Lipinski definition) is 6. The van der Waals surface area contributed by atoms with Gasteiger partial charge in [-0.15, -0.1) is 0 Å². The molecule has 0 amide bonds. The Morgan fingerprint density at radius 1 is 1.09 bits per heavy atom. The number of benzene rings is 1. The minimum absolute atomic E-state index is 0.0121. The summed E-state index contributed by atoms with van der Waals surface area (Å²) in [5.41, 5.74) is 1.56. The fourth-order valence-corrected chi connectivity index (χ4v) is 5.66. The van der Waals surface area contributed by atoms with E-state index in [0.717, 1.165) is 9.54 Å². The van der Waals surface area contributed by atoms with Crippen LogP contribution in [0.3, 0.4) is 0 Å². The fraction of sp³-hybridized carbons (Fsp3) is 0.240. The third-order valence-corrected chi connectivity index (χ3v) is 7.65. The number of aromatic nitrogens is 3. The predicted molar refractivity (Wildman–Crippen MR) is 139 cm³/mol. The summed E-state index contributed by atoms with van der Waals surface area (Å²) in [6.07, 6.45) is 4.17. The Balaban J connectivity index is 1.67. The zero-order chi connectivity index (χ0) is 25.5. The molecule has 0 atom stereocenters. The van der Waals surface area contributed by atoms with Crippen molar-refractivity contribution >= 4 is 49.6 Å². The maximum absolute atomic E-state index is 14.7. The Labute approximate surface area is 216 Å². The number of halogens is 2. The number of rotatable bonds is 5. The standard InChI is InChI=1S/C25H23FIN3O4S/c1-15-5-7-18(8-6-15)35(32,33)30-14-21(27)19-9-16(13-29-24(19)30)17-10-20(26)22(28-12-17)11-23(31)34-25(2,3)4/h5-10,12-14H,11H2,1-4H3. The van der Waals surface area contributed by atoms with E-state index in [2.05, 4.69) is 9.97 Å². The van der Waals surface area contributed by atoms with Crippen LogP contribution < -0.4 is 0 Å². The number of hydrogen-bond donors (Lipinski definition) is 0. The van der Waals surface area contributed by atoms with Crippen LogP contribution in [-0.2, 0) is 26.0 Å². The van der Waals surface area contributed by atoms with E-state index >= 15 is 0 Å². The van der Waals surface area contributed by atoms with E-state index in [1.54, 1.807) is 51.1 Å². The Hall–Kier alpha value is -2.86. The predicted octanol–water partition coefficient (Wildman–Crippen LogP) is 5.27. The third-order valence-electron chi connectivity index (χ3n) is 5.12. The van der Waals surface area contributed by atoms with Crippen LogP contribution in [0.15, 0.2) is 59.9 Å². The van der Waals surface area contributed by atoms with Crippen LogP contribution in [0.1, 0.15) is 32.0 Å². The first-order valence-electron chi connectivity index (χ1n) is 10.7. The van der Waals surface area contributed by atoms with Gasteiger partial charge in [0.15, 0.2) is 5.65 Å². The van der Waals surface area contributed by atoms with Crippen LogP contribution in [0.25, 0.3) is 22.2 Å². The second-order valence-electron chi connectivity index (χ2n) is 9.10. The van der Waals surface area contributed by atoms with Crippen molar-refractivity contribution in [2.45, 2.75) is 44.6 Å². The summed E-state index contributed by atoms with van der Waals surface area (Å²) < 4.78 is 48.2. The number of esters is 1. The zero-order valence-electron chi connectivity index (χ0n) is 19.5. The largest absolute Gasteiger partial charge is 0.460 e. The molecule has 1 aromatic carbocycles. The van der Waals surface area contributed by atoms with E-state index in [4.69, 9.17) is 4.74 Å². The Bertz CT molecular complexity index is 1540. The fourth-order valence-electron chi connectivity index (χ4n) is 3.48. The van der Waals surface area contributed by atoms with Gasteiger partial charge in [0.05, 0.1) is 17.0 Å². The van der Waals surface area contributed by atoms with E-state index in [0.29, 0.717) is 20.1 Å². The van der Waals surface area contributed by atoms with E-state index < -0.39 is 27.4 Å². The van der Waals surface area contributed by atoms with Crippen LogP contribution in [0, 0.1) is 16.3 Å². The van der Waals surface area contributed by atoms with Gasteiger partial charge in [0.1, 0.15) is 11.4 Å². The number of carbonyl (C=O) groups excluding carboxylic acids is 1. The molecule has 0 aliphatic carbocycles. The summed E-state index contributed by atoms with van der Waals surface area (Å²) in [4.78, 5) is 20.7. The molecule has 3 heterocycles. The van der Waals surface area contributed by atoms with E-state index in [-0.39, 0.29) is 22.7 Å². The maximum Gasteiger partial charge on any atom is 0.312 e. The van der Waals surface area contributed by atoms with E-state index in [9.17, 15) is 17.6 Å². The first-order chi connectivity index (χ1) is 16.3. The van der Waals surface area contributed by atoms with Gasteiger partial charge in [-0.3, -0.25) is 9.78 Å². The number of carbonyl (C=O) groups is 1. The van der Waals surface area contributed by atoms with Crippen molar-refractivity contribution in [1.29, 1.82) is 0 Å². The van der Waals surface area contributed by atoms with Crippen LogP contribution in [0.2, 0.25) is 0 Å². The second-order valence-corrected chi connectivity index (χ2v) is 12.1. The van der Waals surface area contributed by atoms with Gasteiger partial charge >= 0.3 is 5.97 Å². The summed E-state index contributed by atoms with van der Waals surface area (Å²) in [5.74, 6) is -1.20. The van der Waals surface area contributed by atoms with E-state index in [1.807, 2.05) is 29.5 Å². The lowest BCUT2D eigenvalue weighted by Gasteiger charge is -2.19. The molecule has 0 saturated carbocycles. The molecule has 35 heavy (non-hydrogen) atoms. The second kappa shape index (κ2) is 9.30. The molecule has 0 bridgehead atoms. The summed E-state index contributed by atoms with van der Waals surface area (Å²) in [6, 6.07) is 9.62. The highest BCUT2D eigenvalue weighted by atomic mass is 127. The SMILES string of the molecule is Cc1ccc(S(=O)(=O)n2cc(I)c3cc(-c4cnc(CC(=O)OC(C)(C)C)c(F)c4)cnc32)cc1. The van der Waals surface area contributed by atoms with Crippen molar-refractivity contribution in [3.8, 4) is 11.1 Å². The molecule has 0 N–H and O–H groups in total. The molecule has 10 heteroatoms. The summed E-state index contributed by atoms with van der Waals surface area (Å²) >= 11 is 2.05. The van der Waals surface area contributed by atoms with Crippen molar-refractivity contribution in [1.82, 2.24) is 13.9 Å². The highest BCUT2D eigenvalue weighted by Crippen LogP contribution is 2.30. The van der Waals surface area contributed by atoms with Crippen LogP contribution >= 0.6 is 22.6 Å². The first kappa shape index (κ1) is 25.2. The topological polar surface area (TPSA) is 91.2 Å². The van der Waals surface area contributed by atoms with Crippen molar-refractivity contribution < 1.29 is 22.3 Å². The highest BCUT2D eigenvalue weighted by Gasteiger charge is 2.23. The van der Waals surface area contributed by atoms with Gasteiger partial charge < -0.3 is 4.74 Å². The van der Waals surface area contributed by atoms with Gasteiger partial charge in [-0.1, -0.05) is 17.7 Å². The lowest BCUT2D eigenvalue weighted by molar-refractivity contribution is -0.154. The molecule has 7 nitrogen and oxygen atoms in total. The number of fused-ring (bicyclic) bond motifs is 1. The average Bonchev–Trinajstić information content (AvgIpc) is 3.11. The molecule has 0 spiro atoms. The van der Waals surface area contributed by atoms with Crippen LogP contribution in [0.4, 0.5) is 4.39 Å². The highest BCUT2D eigenvalue weighted by molar-refractivity contribution is 14.1. The molecule has 0 unspecified atom stereocenters. The normalized spacial score (nSPS) is 12.2. The summed E-state index contributed by atoms with van der Waals surface area (Å²) in [6.45, 7) is 7.10. The Kier molecular flexibility index (Phi) is 6.71. The molecular weight excluding hydrogens is 584 g/mol. The van der Waals surface area contributed by atoms with Gasteiger partial charge in [0.25, 0.3) is 10.0 Å². The minimum Gasteiger partial charge on any atom is -0.460 e.